The maximum Gasteiger partial charge on any atom is 0.137 e. The van der Waals surface area contributed by atoms with Crippen molar-refractivity contribution in [1.82, 2.24) is 9.97 Å². The van der Waals surface area contributed by atoms with E-state index in [1.165, 1.54) is 0 Å². The third kappa shape index (κ3) is 4.07. The molecule has 0 atom stereocenters. The van der Waals surface area contributed by atoms with Crippen molar-refractivity contribution >= 4 is 24.8 Å². The molecule has 1 aromatic heterocycles. The molecule has 1 heterocycles. The molecule has 0 aliphatic carbocycles. The summed E-state index contributed by atoms with van der Waals surface area (Å²) in [6, 6.07) is 8.01. The molecular formula is C15H19N3Si. The zero-order chi connectivity index (χ0) is 13.7. The van der Waals surface area contributed by atoms with Crippen LogP contribution in [0.2, 0.25) is 19.6 Å². The summed E-state index contributed by atoms with van der Waals surface area (Å²) in [4.78, 5) is 8.54. The molecular weight excluding hydrogens is 250 g/mol. The van der Waals surface area contributed by atoms with Crippen LogP contribution in [0, 0.1) is 11.5 Å². The first-order chi connectivity index (χ1) is 9.06. The van der Waals surface area contributed by atoms with Crippen LogP contribution in [0.1, 0.15) is 6.42 Å². The second-order valence-corrected chi connectivity index (χ2v) is 10.2. The zero-order valence-corrected chi connectivity index (χ0v) is 12.7. The maximum absolute atomic E-state index is 4.29. The van der Waals surface area contributed by atoms with E-state index in [1.54, 1.807) is 6.33 Å². The van der Waals surface area contributed by atoms with Crippen LogP contribution in [0.5, 0.6) is 0 Å². The summed E-state index contributed by atoms with van der Waals surface area (Å²) in [5, 5.41) is 4.39. The smallest absolute Gasteiger partial charge is 0.137 e. The molecule has 0 saturated carbocycles. The maximum atomic E-state index is 4.29. The van der Waals surface area contributed by atoms with E-state index in [1.807, 2.05) is 24.3 Å². The van der Waals surface area contributed by atoms with Crippen molar-refractivity contribution in [2.45, 2.75) is 26.1 Å². The molecule has 0 fully saturated rings. The Kier molecular flexibility index (Phi) is 4.18. The molecule has 1 aromatic carbocycles. The predicted molar refractivity (Wildman–Crippen MR) is 83.8 cm³/mol. The van der Waals surface area contributed by atoms with E-state index in [0.717, 1.165) is 29.7 Å². The number of hydrogen-bond acceptors (Lipinski definition) is 3. The average molecular weight is 269 g/mol. The molecule has 0 spiro atoms. The molecule has 2 rings (SSSR count). The number of aromatic nitrogens is 2. The van der Waals surface area contributed by atoms with Crippen molar-refractivity contribution in [3.63, 3.8) is 0 Å². The summed E-state index contributed by atoms with van der Waals surface area (Å²) in [5.41, 5.74) is 4.33. The first kappa shape index (κ1) is 13.6. The van der Waals surface area contributed by atoms with E-state index in [9.17, 15) is 0 Å². The van der Waals surface area contributed by atoms with E-state index in [-0.39, 0.29) is 0 Å². The average Bonchev–Trinajstić information content (AvgIpc) is 2.37. The van der Waals surface area contributed by atoms with E-state index < -0.39 is 8.07 Å². The van der Waals surface area contributed by atoms with Crippen molar-refractivity contribution in [2.75, 3.05) is 11.9 Å². The highest BCUT2D eigenvalue weighted by molar-refractivity contribution is 6.83. The van der Waals surface area contributed by atoms with Crippen molar-refractivity contribution in [3.05, 3.63) is 30.6 Å². The number of nitrogens with zero attached hydrogens (tertiary/aromatic N) is 2. The van der Waals surface area contributed by atoms with Crippen LogP contribution in [0.25, 0.3) is 10.9 Å². The van der Waals surface area contributed by atoms with Crippen molar-refractivity contribution < 1.29 is 0 Å². The highest BCUT2D eigenvalue weighted by Crippen LogP contribution is 2.17. The Hall–Kier alpha value is -1.86. The fourth-order valence-electron chi connectivity index (χ4n) is 1.72. The zero-order valence-electron chi connectivity index (χ0n) is 11.7. The second kappa shape index (κ2) is 5.85. The third-order valence-electron chi connectivity index (χ3n) is 2.55. The molecule has 2 aromatic rings. The molecule has 4 heteroatoms. The van der Waals surface area contributed by atoms with Gasteiger partial charge in [0.25, 0.3) is 0 Å². The Morgan fingerprint density at radius 3 is 2.74 bits per heavy atom. The molecule has 3 nitrogen and oxygen atoms in total. The molecule has 0 amide bonds. The van der Waals surface area contributed by atoms with Crippen molar-refractivity contribution in [1.29, 1.82) is 0 Å². The van der Waals surface area contributed by atoms with Crippen LogP contribution >= 0.6 is 0 Å². The van der Waals surface area contributed by atoms with Crippen LogP contribution < -0.4 is 5.32 Å². The monoisotopic (exact) mass is 269 g/mol. The van der Waals surface area contributed by atoms with Crippen LogP contribution in [-0.4, -0.2) is 24.6 Å². The summed E-state index contributed by atoms with van der Waals surface area (Å²) >= 11 is 0. The van der Waals surface area contributed by atoms with Gasteiger partial charge in [-0.1, -0.05) is 31.8 Å². The van der Waals surface area contributed by atoms with Crippen LogP contribution in [0.4, 0.5) is 5.82 Å². The van der Waals surface area contributed by atoms with Crippen molar-refractivity contribution in [2.24, 2.45) is 0 Å². The van der Waals surface area contributed by atoms with Crippen molar-refractivity contribution in [3.8, 4) is 11.5 Å². The summed E-state index contributed by atoms with van der Waals surface area (Å²) in [5.74, 6) is 4.14. The lowest BCUT2D eigenvalue weighted by Crippen LogP contribution is -2.16. The SMILES string of the molecule is C[Si](C)(C)C#CCCNc1ncnc2ccccc12. The highest BCUT2D eigenvalue weighted by atomic mass is 28.3. The Balaban J connectivity index is 2.00. The largest absolute Gasteiger partial charge is 0.369 e. The molecule has 19 heavy (non-hydrogen) atoms. The van der Waals surface area contributed by atoms with Crippen LogP contribution in [0.15, 0.2) is 30.6 Å². The van der Waals surface area contributed by atoms with Crippen LogP contribution in [0.3, 0.4) is 0 Å². The third-order valence-corrected chi connectivity index (χ3v) is 3.48. The summed E-state index contributed by atoms with van der Waals surface area (Å²) < 4.78 is 0. The number of hydrogen-bond donors (Lipinski definition) is 1. The molecule has 98 valence electrons. The minimum atomic E-state index is -1.24. The summed E-state index contributed by atoms with van der Waals surface area (Å²) in [6.45, 7) is 7.58. The first-order valence-corrected chi connectivity index (χ1v) is 10.00. The lowest BCUT2D eigenvalue weighted by Gasteiger charge is -2.06. The highest BCUT2D eigenvalue weighted by Gasteiger charge is 2.07. The molecule has 0 bridgehead atoms. The van der Waals surface area contributed by atoms with Gasteiger partial charge < -0.3 is 5.32 Å². The lowest BCUT2D eigenvalue weighted by atomic mass is 10.2. The van der Waals surface area contributed by atoms with Gasteiger partial charge in [0.15, 0.2) is 0 Å². The minimum absolute atomic E-state index is 0.818. The number of para-hydroxylation sites is 1. The Morgan fingerprint density at radius 1 is 1.16 bits per heavy atom. The first-order valence-electron chi connectivity index (χ1n) is 6.50. The predicted octanol–water partition coefficient (Wildman–Crippen LogP) is 3.31. The van der Waals surface area contributed by atoms with Gasteiger partial charge in [-0.3, -0.25) is 0 Å². The van der Waals surface area contributed by atoms with Gasteiger partial charge in [-0.25, -0.2) is 9.97 Å². The molecule has 1 N–H and O–H groups in total. The molecule has 0 aliphatic heterocycles. The van der Waals surface area contributed by atoms with Gasteiger partial charge in [-0.15, -0.1) is 11.5 Å². The van der Waals surface area contributed by atoms with E-state index in [4.69, 9.17) is 0 Å². The Bertz CT molecular complexity index is 615. The quantitative estimate of drug-likeness (QED) is 0.528. The molecule has 0 unspecified atom stereocenters. The van der Waals surface area contributed by atoms with Gasteiger partial charge >= 0.3 is 0 Å². The number of anilines is 1. The lowest BCUT2D eigenvalue weighted by molar-refractivity contribution is 1.07. The van der Waals surface area contributed by atoms with Gasteiger partial charge in [-0.2, -0.15) is 0 Å². The Morgan fingerprint density at radius 2 is 1.95 bits per heavy atom. The fourth-order valence-corrected chi connectivity index (χ4v) is 2.37. The van der Waals surface area contributed by atoms with Gasteiger partial charge in [0.05, 0.1) is 5.52 Å². The second-order valence-electron chi connectivity index (χ2n) is 5.47. The number of benzene rings is 1. The minimum Gasteiger partial charge on any atom is -0.369 e. The van der Waals surface area contributed by atoms with Gasteiger partial charge in [0, 0.05) is 18.4 Å². The fraction of sp³-hybridized carbons (Fsp3) is 0.333. The number of rotatable bonds is 3. The summed E-state index contributed by atoms with van der Waals surface area (Å²) in [6.07, 6.45) is 2.45. The molecule has 0 aliphatic rings. The standard InChI is InChI=1S/C15H19N3Si/c1-19(2,3)11-7-6-10-16-15-13-8-4-5-9-14(13)17-12-18-15/h4-5,8-9,12H,6,10H2,1-3H3,(H,16,17,18). The molecule has 0 radical (unpaired) electrons. The summed E-state index contributed by atoms with van der Waals surface area (Å²) in [7, 11) is -1.24. The number of nitrogens with one attached hydrogen (secondary N) is 1. The van der Waals surface area contributed by atoms with Crippen LogP contribution in [-0.2, 0) is 0 Å². The Labute approximate surface area is 115 Å². The van der Waals surface area contributed by atoms with E-state index in [0.29, 0.717) is 0 Å². The van der Waals surface area contributed by atoms with Gasteiger partial charge in [-0.05, 0) is 12.1 Å². The van der Waals surface area contributed by atoms with Gasteiger partial charge in [0.2, 0.25) is 0 Å². The van der Waals surface area contributed by atoms with E-state index in [2.05, 4.69) is 46.4 Å². The van der Waals surface area contributed by atoms with Gasteiger partial charge in [0.1, 0.15) is 20.2 Å². The normalized spacial score (nSPS) is 10.9. The number of fused-ring (bicyclic) bond motifs is 1. The van der Waals surface area contributed by atoms with E-state index >= 15 is 0 Å². The topological polar surface area (TPSA) is 37.8 Å². The molecule has 0 saturated heterocycles.